The first-order valence-corrected chi connectivity index (χ1v) is 7.48. The Morgan fingerprint density at radius 1 is 1.43 bits per heavy atom. The van der Waals surface area contributed by atoms with Gasteiger partial charge in [-0.05, 0) is 6.42 Å². The number of nitrogens with zero attached hydrogens (tertiary/aromatic N) is 3. The molecule has 116 valence electrons. The van der Waals surface area contributed by atoms with Crippen molar-refractivity contribution >= 4 is 17.5 Å². The summed E-state index contributed by atoms with van der Waals surface area (Å²) in [6.45, 7) is 9.71. The van der Waals surface area contributed by atoms with Gasteiger partial charge in [-0.3, -0.25) is 4.79 Å². The topological polar surface area (TPSA) is 70.2 Å². The lowest BCUT2D eigenvalue weighted by atomic mass is 9.95. The van der Waals surface area contributed by atoms with Crippen LogP contribution < -0.4 is 15.5 Å². The molecule has 6 heteroatoms. The number of amides is 1. The van der Waals surface area contributed by atoms with Crippen LogP contribution in [0.4, 0.5) is 11.6 Å². The number of carbonyl (C=O) groups excluding carboxylic acids is 1. The van der Waals surface area contributed by atoms with E-state index in [0.717, 1.165) is 30.4 Å². The molecule has 1 aromatic rings. The van der Waals surface area contributed by atoms with Crippen molar-refractivity contribution in [1.82, 2.24) is 15.3 Å². The monoisotopic (exact) mass is 291 g/mol. The van der Waals surface area contributed by atoms with Crippen LogP contribution in [-0.4, -0.2) is 42.1 Å². The molecular weight excluding hydrogens is 266 g/mol. The fourth-order valence-corrected chi connectivity index (χ4v) is 2.44. The number of aromatic nitrogens is 2. The number of rotatable bonds is 3. The standard InChI is InChI=1S/C15H25N5O/c1-6-10-13(21)17-7-8-20(10)12-9-11(16-5)18-14(19-12)15(2,3)4/h9-10H,6-8H2,1-5H3,(H,17,21)(H,16,18,19). The molecule has 1 fully saturated rings. The smallest absolute Gasteiger partial charge is 0.242 e. The first kappa shape index (κ1) is 15.5. The Kier molecular flexibility index (Phi) is 4.34. The molecule has 1 aliphatic rings. The van der Waals surface area contributed by atoms with Crippen molar-refractivity contribution in [2.75, 3.05) is 30.4 Å². The molecule has 21 heavy (non-hydrogen) atoms. The summed E-state index contributed by atoms with van der Waals surface area (Å²) in [6.07, 6.45) is 0.759. The number of hydrogen-bond donors (Lipinski definition) is 2. The molecule has 0 spiro atoms. The van der Waals surface area contributed by atoms with E-state index in [9.17, 15) is 4.79 Å². The fraction of sp³-hybridized carbons (Fsp3) is 0.667. The molecule has 1 aromatic heterocycles. The van der Waals surface area contributed by atoms with Gasteiger partial charge in [-0.25, -0.2) is 9.97 Å². The lowest BCUT2D eigenvalue weighted by molar-refractivity contribution is -0.123. The zero-order chi connectivity index (χ0) is 15.6. The minimum Gasteiger partial charge on any atom is -0.373 e. The molecule has 0 saturated carbocycles. The molecule has 1 aliphatic heterocycles. The Bertz CT molecular complexity index is 523. The highest BCUT2D eigenvalue weighted by molar-refractivity contribution is 5.86. The highest BCUT2D eigenvalue weighted by Gasteiger charge is 2.30. The lowest BCUT2D eigenvalue weighted by Crippen LogP contribution is -2.55. The molecule has 1 saturated heterocycles. The Morgan fingerprint density at radius 3 is 2.71 bits per heavy atom. The Labute approximate surface area is 126 Å². The summed E-state index contributed by atoms with van der Waals surface area (Å²) in [5.41, 5.74) is -0.138. The predicted octanol–water partition coefficient (Wildman–Crippen LogP) is 1.53. The molecular formula is C15H25N5O. The summed E-state index contributed by atoms with van der Waals surface area (Å²) < 4.78 is 0. The number of carbonyl (C=O) groups is 1. The van der Waals surface area contributed by atoms with Crippen molar-refractivity contribution in [2.45, 2.75) is 45.6 Å². The lowest BCUT2D eigenvalue weighted by Gasteiger charge is -2.36. The second kappa shape index (κ2) is 5.87. The summed E-state index contributed by atoms with van der Waals surface area (Å²) in [6, 6.07) is 1.75. The van der Waals surface area contributed by atoms with Crippen LogP contribution in [0.15, 0.2) is 6.07 Å². The maximum atomic E-state index is 12.0. The molecule has 0 aromatic carbocycles. The minimum absolute atomic E-state index is 0.0747. The van der Waals surface area contributed by atoms with E-state index in [1.807, 2.05) is 20.0 Å². The van der Waals surface area contributed by atoms with Gasteiger partial charge in [0.25, 0.3) is 0 Å². The minimum atomic E-state index is -0.161. The molecule has 1 atom stereocenters. The highest BCUT2D eigenvalue weighted by atomic mass is 16.2. The third-order valence-electron chi connectivity index (χ3n) is 3.65. The maximum absolute atomic E-state index is 12.0. The van der Waals surface area contributed by atoms with Gasteiger partial charge in [-0.15, -0.1) is 0 Å². The normalized spacial score (nSPS) is 19.4. The molecule has 0 radical (unpaired) electrons. The molecule has 6 nitrogen and oxygen atoms in total. The highest BCUT2D eigenvalue weighted by Crippen LogP contribution is 2.26. The number of nitrogens with one attached hydrogen (secondary N) is 2. The predicted molar refractivity (Wildman–Crippen MR) is 84.7 cm³/mol. The van der Waals surface area contributed by atoms with Crippen LogP contribution in [0, 0.1) is 0 Å². The number of hydrogen-bond acceptors (Lipinski definition) is 5. The number of piperazine rings is 1. The van der Waals surface area contributed by atoms with Crippen LogP contribution in [0.1, 0.15) is 39.9 Å². The van der Waals surface area contributed by atoms with Crippen molar-refractivity contribution in [3.63, 3.8) is 0 Å². The van der Waals surface area contributed by atoms with E-state index < -0.39 is 0 Å². The van der Waals surface area contributed by atoms with Gasteiger partial charge < -0.3 is 15.5 Å². The van der Waals surface area contributed by atoms with Crippen LogP contribution in [-0.2, 0) is 10.2 Å². The van der Waals surface area contributed by atoms with Crippen molar-refractivity contribution < 1.29 is 4.79 Å². The quantitative estimate of drug-likeness (QED) is 0.884. The van der Waals surface area contributed by atoms with Gasteiger partial charge in [0.2, 0.25) is 5.91 Å². The van der Waals surface area contributed by atoms with Crippen molar-refractivity contribution in [3.8, 4) is 0 Å². The van der Waals surface area contributed by atoms with E-state index in [2.05, 4.69) is 41.3 Å². The summed E-state index contributed by atoms with van der Waals surface area (Å²) in [5.74, 6) is 2.46. The first-order chi connectivity index (χ1) is 9.86. The average molecular weight is 291 g/mol. The van der Waals surface area contributed by atoms with E-state index >= 15 is 0 Å². The second-order valence-corrected chi connectivity index (χ2v) is 6.34. The van der Waals surface area contributed by atoms with E-state index in [4.69, 9.17) is 4.98 Å². The van der Waals surface area contributed by atoms with Crippen molar-refractivity contribution in [3.05, 3.63) is 11.9 Å². The maximum Gasteiger partial charge on any atom is 0.242 e. The van der Waals surface area contributed by atoms with Crippen LogP contribution in [0.3, 0.4) is 0 Å². The second-order valence-electron chi connectivity index (χ2n) is 6.34. The summed E-state index contributed by atoms with van der Waals surface area (Å²) in [7, 11) is 1.85. The van der Waals surface area contributed by atoms with E-state index in [1.165, 1.54) is 0 Å². The van der Waals surface area contributed by atoms with E-state index in [0.29, 0.717) is 6.54 Å². The van der Waals surface area contributed by atoms with Crippen molar-refractivity contribution in [2.24, 2.45) is 0 Å². The third-order valence-corrected chi connectivity index (χ3v) is 3.65. The van der Waals surface area contributed by atoms with Gasteiger partial charge in [-0.1, -0.05) is 27.7 Å². The zero-order valence-corrected chi connectivity index (χ0v) is 13.5. The number of anilines is 2. The van der Waals surface area contributed by atoms with Crippen LogP contribution in [0.2, 0.25) is 0 Å². The average Bonchev–Trinajstić information content (AvgIpc) is 2.45. The summed E-state index contributed by atoms with van der Waals surface area (Å²) in [4.78, 5) is 23.4. The molecule has 1 amide bonds. The molecule has 2 heterocycles. The van der Waals surface area contributed by atoms with Crippen LogP contribution in [0.25, 0.3) is 0 Å². The molecule has 0 bridgehead atoms. The largest absolute Gasteiger partial charge is 0.373 e. The Hall–Kier alpha value is -1.85. The third kappa shape index (κ3) is 3.25. The SMILES string of the molecule is CCC1C(=O)NCCN1c1cc(NC)nc(C(C)(C)C)n1. The van der Waals surface area contributed by atoms with Crippen molar-refractivity contribution in [1.29, 1.82) is 0 Å². The zero-order valence-electron chi connectivity index (χ0n) is 13.5. The van der Waals surface area contributed by atoms with Gasteiger partial charge in [0, 0.05) is 31.6 Å². The molecule has 1 unspecified atom stereocenters. The Balaban J connectivity index is 2.44. The van der Waals surface area contributed by atoms with Gasteiger partial charge in [-0.2, -0.15) is 0 Å². The molecule has 0 aliphatic carbocycles. The van der Waals surface area contributed by atoms with Crippen LogP contribution >= 0.6 is 0 Å². The van der Waals surface area contributed by atoms with E-state index in [-0.39, 0.29) is 17.4 Å². The van der Waals surface area contributed by atoms with Gasteiger partial charge in [0.1, 0.15) is 23.5 Å². The first-order valence-electron chi connectivity index (χ1n) is 7.48. The summed E-state index contributed by atoms with van der Waals surface area (Å²) >= 11 is 0. The van der Waals surface area contributed by atoms with Gasteiger partial charge in [0.15, 0.2) is 0 Å². The summed E-state index contributed by atoms with van der Waals surface area (Å²) in [5, 5.41) is 6.00. The van der Waals surface area contributed by atoms with Crippen LogP contribution in [0.5, 0.6) is 0 Å². The fourth-order valence-electron chi connectivity index (χ4n) is 2.44. The molecule has 2 N–H and O–H groups in total. The van der Waals surface area contributed by atoms with Gasteiger partial charge >= 0.3 is 0 Å². The Morgan fingerprint density at radius 2 is 2.14 bits per heavy atom. The molecule has 2 rings (SSSR count). The van der Waals surface area contributed by atoms with E-state index in [1.54, 1.807) is 0 Å². The van der Waals surface area contributed by atoms with Gasteiger partial charge in [0.05, 0.1) is 0 Å².